The van der Waals surface area contributed by atoms with Gasteiger partial charge in [-0.3, -0.25) is 9.78 Å². The summed E-state index contributed by atoms with van der Waals surface area (Å²) in [5.74, 6) is 0.112. The van der Waals surface area contributed by atoms with Crippen molar-refractivity contribution in [1.82, 2.24) is 20.1 Å². The average molecular weight is 338 g/mol. The van der Waals surface area contributed by atoms with Gasteiger partial charge in [0.15, 0.2) is 0 Å². The molecular weight excluding hydrogens is 316 g/mol. The summed E-state index contributed by atoms with van der Waals surface area (Å²) in [5.41, 5.74) is 1.88. The minimum atomic E-state index is -0.00183. The van der Waals surface area contributed by atoms with Crippen LogP contribution in [0.2, 0.25) is 0 Å². The number of carbonyl (C=O) groups is 2. The van der Waals surface area contributed by atoms with E-state index in [9.17, 15) is 9.59 Å². The third kappa shape index (κ3) is 3.29. The molecule has 0 radical (unpaired) electrons. The maximum absolute atomic E-state index is 12.7. The number of benzene rings is 1. The lowest BCUT2D eigenvalue weighted by atomic mass is 10.0. The number of hydrogen-bond acceptors (Lipinski definition) is 3. The van der Waals surface area contributed by atoms with E-state index in [-0.39, 0.29) is 18.0 Å². The molecule has 1 aromatic heterocycles. The van der Waals surface area contributed by atoms with Gasteiger partial charge in [-0.15, -0.1) is 0 Å². The van der Waals surface area contributed by atoms with Crippen LogP contribution in [0.25, 0.3) is 10.9 Å². The zero-order chi connectivity index (χ0) is 17.2. The Balaban J connectivity index is 1.43. The number of aromatic nitrogens is 1. The molecule has 6 heteroatoms. The first kappa shape index (κ1) is 15.9. The summed E-state index contributed by atoms with van der Waals surface area (Å²) in [6, 6.07) is 10.1. The molecule has 1 atom stereocenters. The molecule has 2 fully saturated rings. The topological polar surface area (TPSA) is 65.5 Å². The highest BCUT2D eigenvalue weighted by atomic mass is 16.2. The van der Waals surface area contributed by atoms with E-state index in [1.165, 1.54) is 0 Å². The van der Waals surface area contributed by atoms with E-state index in [0.717, 1.165) is 42.4 Å². The minimum Gasteiger partial charge on any atom is -0.340 e. The summed E-state index contributed by atoms with van der Waals surface area (Å²) in [7, 11) is 0. The molecule has 1 aromatic carbocycles. The molecule has 0 saturated carbocycles. The summed E-state index contributed by atoms with van der Waals surface area (Å²) < 4.78 is 0. The van der Waals surface area contributed by atoms with Crippen molar-refractivity contribution in [2.75, 3.05) is 26.2 Å². The molecule has 2 aromatic rings. The number of nitrogens with zero attached hydrogens (tertiary/aromatic N) is 3. The quantitative estimate of drug-likeness (QED) is 0.928. The highest BCUT2D eigenvalue weighted by molar-refractivity contribution is 5.83. The minimum absolute atomic E-state index is 0.00183. The van der Waals surface area contributed by atoms with Crippen molar-refractivity contribution in [3.8, 4) is 0 Å². The fourth-order valence-corrected chi connectivity index (χ4v) is 3.77. The zero-order valence-electron chi connectivity index (χ0n) is 14.1. The largest absolute Gasteiger partial charge is 0.340 e. The predicted molar refractivity (Wildman–Crippen MR) is 95.2 cm³/mol. The molecule has 25 heavy (non-hydrogen) atoms. The van der Waals surface area contributed by atoms with Crippen LogP contribution in [-0.4, -0.2) is 58.9 Å². The van der Waals surface area contributed by atoms with E-state index in [2.05, 4.69) is 10.3 Å². The second-order valence-corrected chi connectivity index (χ2v) is 6.77. The fourth-order valence-electron chi connectivity index (χ4n) is 3.77. The summed E-state index contributed by atoms with van der Waals surface area (Å²) in [4.78, 5) is 32.8. The SMILES string of the molecule is O=C(Cc1cnc2ccccc2c1)N1CCCC(N2CCNC2=O)C1. The Hall–Kier alpha value is -2.63. The Morgan fingerprint density at radius 2 is 2.16 bits per heavy atom. The van der Waals surface area contributed by atoms with Gasteiger partial charge in [-0.05, 0) is 30.5 Å². The summed E-state index contributed by atoms with van der Waals surface area (Å²) in [6.45, 7) is 2.84. The van der Waals surface area contributed by atoms with Crippen molar-refractivity contribution >= 4 is 22.8 Å². The van der Waals surface area contributed by atoms with Crippen LogP contribution in [0.5, 0.6) is 0 Å². The molecule has 2 aliphatic rings. The smallest absolute Gasteiger partial charge is 0.317 e. The van der Waals surface area contributed by atoms with Gasteiger partial charge >= 0.3 is 6.03 Å². The van der Waals surface area contributed by atoms with Crippen LogP contribution in [0, 0.1) is 0 Å². The summed E-state index contributed by atoms with van der Waals surface area (Å²) in [6.07, 6.45) is 4.05. The van der Waals surface area contributed by atoms with Crippen molar-refractivity contribution in [2.24, 2.45) is 0 Å². The molecule has 130 valence electrons. The Kier molecular flexibility index (Phi) is 4.26. The average Bonchev–Trinajstić information content (AvgIpc) is 3.08. The standard InChI is InChI=1S/C19H22N4O2/c24-18(11-14-10-15-4-1-2-6-17(15)21-12-14)22-8-3-5-16(13-22)23-9-7-20-19(23)25/h1-2,4,6,10,12,16H,3,5,7-9,11,13H2,(H,20,25). The Morgan fingerprint density at radius 1 is 1.28 bits per heavy atom. The molecule has 0 bridgehead atoms. The van der Waals surface area contributed by atoms with Crippen molar-refractivity contribution in [3.05, 3.63) is 42.1 Å². The number of para-hydroxylation sites is 1. The second kappa shape index (κ2) is 6.70. The number of pyridine rings is 1. The molecule has 2 saturated heterocycles. The number of fused-ring (bicyclic) bond motifs is 1. The van der Waals surface area contributed by atoms with Crippen LogP contribution in [0.1, 0.15) is 18.4 Å². The Bertz CT molecular complexity index is 807. The van der Waals surface area contributed by atoms with Gasteiger partial charge in [0.05, 0.1) is 18.0 Å². The van der Waals surface area contributed by atoms with Crippen molar-refractivity contribution in [2.45, 2.75) is 25.3 Å². The third-order valence-electron chi connectivity index (χ3n) is 5.08. The Morgan fingerprint density at radius 3 is 3.00 bits per heavy atom. The van der Waals surface area contributed by atoms with Crippen LogP contribution >= 0.6 is 0 Å². The third-order valence-corrected chi connectivity index (χ3v) is 5.08. The molecule has 1 N–H and O–H groups in total. The first-order valence-electron chi connectivity index (χ1n) is 8.86. The molecule has 3 amide bonds. The van der Waals surface area contributed by atoms with E-state index < -0.39 is 0 Å². The lowest BCUT2D eigenvalue weighted by Crippen LogP contribution is -2.51. The lowest BCUT2D eigenvalue weighted by molar-refractivity contribution is -0.132. The highest BCUT2D eigenvalue weighted by Crippen LogP contribution is 2.19. The number of amides is 3. The van der Waals surface area contributed by atoms with E-state index in [0.29, 0.717) is 19.5 Å². The van der Waals surface area contributed by atoms with Gasteiger partial charge in [-0.25, -0.2) is 4.79 Å². The molecule has 1 unspecified atom stereocenters. The van der Waals surface area contributed by atoms with Crippen molar-refractivity contribution in [3.63, 3.8) is 0 Å². The molecule has 2 aliphatic heterocycles. The number of hydrogen-bond donors (Lipinski definition) is 1. The van der Waals surface area contributed by atoms with Gasteiger partial charge in [0, 0.05) is 37.8 Å². The van der Waals surface area contributed by atoms with E-state index in [1.54, 1.807) is 6.20 Å². The first-order chi connectivity index (χ1) is 12.2. The van der Waals surface area contributed by atoms with Crippen LogP contribution in [0.15, 0.2) is 36.5 Å². The van der Waals surface area contributed by atoms with Gasteiger partial charge in [0.25, 0.3) is 0 Å². The van der Waals surface area contributed by atoms with Crippen LogP contribution in [0.4, 0.5) is 4.79 Å². The molecule has 0 aliphatic carbocycles. The van der Waals surface area contributed by atoms with Gasteiger partial charge in [0.1, 0.15) is 0 Å². The monoisotopic (exact) mass is 338 g/mol. The predicted octanol–water partition coefficient (Wildman–Crippen LogP) is 1.79. The van der Waals surface area contributed by atoms with E-state index >= 15 is 0 Å². The second-order valence-electron chi connectivity index (χ2n) is 6.77. The Labute approximate surface area is 146 Å². The molecular formula is C19H22N4O2. The summed E-state index contributed by atoms with van der Waals surface area (Å²) in [5, 5.41) is 3.90. The first-order valence-corrected chi connectivity index (χ1v) is 8.86. The van der Waals surface area contributed by atoms with Gasteiger partial charge < -0.3 is 15.1 Å². The van der Waals surface area contributed by atoms with E-state index in [1.807, 2.05) is 40.1 Å². The van der Waals surface area contributed by atoms with Crippen molar-refractivity contribution in [1.29, 1.82) is 0 Å². The van der Waals surface area contributed by atoms with Gasteiger partial charge in [-0.1, -0.05) is 18.2 Å². The maximum atomic E-state index is 12.7. The maximum Gasteiger partial charge on any atom is 0.317 e. The van der Waals surface area contributed by atoms with Gasteiger partial charge in [-0.2, -0.15) is 0 Å². The highest BCUT2D eigenvalue weighted by Gasteiger charge is 2.32. The number of nitrogens with one attached hydrogen (secondary N) is 1. The number of piperidine rings is 1. The van der Waals surface area contributed by atoms with Crippen molar-refractivity contribution < 1.29 is 9.59 Å². The number of carbonyl (C=O) groups excluding carboxylic acids is 2. The van der Waals surface area contributed by atoms with E-state index in [4.69, 9.17) is 0 Å². The number of rotatable bonds is 3. The molecule has 3 heterocycles. The molecule has 4 rings (SSSR count). The zero-order valence-corrected chi connectivity index (χ0v) is 14.1. The molecule has 0 spiro atoms. The number of likely N-dealkylation sites (tertiary alicyclic amines) is 1. The van der Waals surface area contributed by atoms with Crippen LogP contribution in [0.3, 0.4) is 0 Å². The van der Waals surface area contributed by atoms with Gasteiger partial charge in [0.2, 0.25) is 5.91 Å². The fraction of sp³-hybridized carbons (Fsp3) is 0.421. The van der Waals surface area contributed by atoms with Crippen LogP contribution < -0.4 is 5.32 Å². The summed E-state index contributed by atoms with van der Waals surface area (Å²) >= 11 is 0. The molecule has 6 nitrogen and oxygen atoms in total. The number of urea groups is 1. The van der Waals surface area contributed by atoms with Crippen LogP contribution in [-0.2, 0) is 11.2 Å². The normalized spacial score (nSPS) is 20.8. The lowest BCUT2D eigenvalue weighted by Gasteiger charge is -2.37.